The summed E-state index contributed by atoms with van der Waals surface area (Å²) in [4.78, 5) is 22.9. The van der Waals surface area contributed by atoms with Crippen molar-refractivity contribution >= 4 is 23.4 Å². The van der Waals surface area contributed by atoms with Crippen LogP contribution in [0.3, 0.4) is 0 Å². The summed E-state index contributed by atoms with van der Waals surface area (Å²) in [5.41, 5.74) is 0.828. The number of carbonyl (C=O) groups excluding carboxylic acids is 1. The molecule has 7 heteroatoms. The predicted octanol–water partition coefficient (Wildman–Crippen LogP) is 1.94. The Morgan fingerprint density at radius 1 is 1.33 bits per heavy atom. The number of likely N-dealkylation sites (N-methyl/N-ethyl adjacent to an activating group) is 1. The zero-order chi connectivity index (χ0) is 16.9. The van der Waals surface area contributed by atoms with Crippen LogP contribution in [-0.4, -0.2) is 42.6 Å². The van der Waals surface area contributed by atoms with Crippen LogP contribution in [0.15, 0.2) is 36.5 Å². The molecule has 1 aliphatic rings. The number of benzene rings is 1. The molecule has 0 spiro atoms. The number of rotatable bonds is 5. The quantitative estimate of drug-likeness (QED) is 0.874. The number of nitrogens with zero attached hydrogens (tertiary/aromatic N) is 3. The summed E-state index contributed by atoms with van der Waals surface area (Å²) in [6.07, 6.45) is 3.46. The molecule has 126 valence electrons. The van der Waals surface area contributed by atoms with E-state index < -0.39 is 0 Å². The Balaban J connectivity index is 1.83. The van der Waals surface area contributed by atoms with Gasteiger partial charge in [-0.05, 0) is 31.0 Å². The van der Waals surface area contributed by atoms with Crippen LogP contribution in [0.4, 0.5) is 17.5 Å². The summed E-state index contributed by atoms with van der Waals surface area (Å²) in [5.74, 6) is 1.95. The predicted molar refractivity (Wildman–Crippen MR) is 92.7 cm³/mol. The second-order valence-corrected chi connectivity index (χ2v) is 5.53. The molecule has 0 radical (unpaired) electrons. The van der Waals surface area contributed by atoms with Crippen molar-refractivity contribution in [3.63, 3.8) is 0 Å². The molecule has 7 nitrogen and oxygen atoms in total. The van der Waals surface area contributed by atoms with Crippen molar-refractivity contribution in [2.45, 2.75) is 18.9 Å². The van der Waals surface area contributed by atoms with Gasteiger partial charge in [-0.2, -0.15) is 4.98 Å². The molecule has 1 atom stereocenters. The van der Waals surface area contributed by atoms with E-state index in [1.807, 2.05) is 29.2 Å². The smallest absolute Gasteiger partial charge is 0.242 e. The van der Waals surface area contributed by atoms with Crippen LogP contribution in [0.5, 0.6) is 5.75 Å². The first-order valence-electron chi connectivity index (χ1n) is 7.94. The van der Waals surface area contributed by atoms with Gasteiger partial charge in [-0.1, -0.05) is 12.1 Å². The first-order valence-corrected chi connectivity index (χ1v) is 7.94. The fourth-order valence-electron chi connectivity index (χ4n) is 2.89. The van der Waals surface area contributed by atoms with Gasteiger partial charge >= 0.3 is 0 Å². The lowest BCUT2D eigenvalue weighted by molar-refractivity contribution is -0.121. The lowest BCUT2D eigenvalue weighted by atomic mass is 10.2. The van der Waals surface area contributed by atoms with E-state index in [9.17, 15) is 4.79 Å². The first kappa shape index (κ1) is 16.0. The summed E-state index contributed by atoms with van der Waals surface area (Å²) in [6, 6.07) is 9.22. The highest BCUT2D eigenvalue weighted by Crippen LogP contribution is 2.28. The third kappa shape index (κ3) is 3.24. The summed E-state index contributed by atoms with van der Waals surface area (Å²) >= 11 is 0. The summed E-state index contributed by atoms with van der Waals surface area (Å²) in [6.45, 7) is 0.774. The molecule has 1 fully saturated rings. The summed E-state index contributed by atoms with van der Waals surface area (Å²) in [7, 11) is 3.28. The maximum absolute atomic E-state index is 12.0. The van der Waals surface area contributed by atoms with Crippen molar-refractivity contribution in [3.8, 4) is 5.75 Å². The van der Waals surface area contributed by atoms with Crippen LogP contribution in [-0.2, 0) is 4.79 Å². The van der Waals surface area contributed by atoms with E-state index in [0.717, 1.165) is 30.8 Å². The van der Waals surface area contributed by atoms with Gasteiger partial charge in [0, 0.05) is 19.8 Å². The fourth-order valence-corrected chi connectivity index (χ4v) is 2.89. The summed E-state index contributed by atoms with van der Waals surface area (Å²) in [5, 5.41) is 5.95. The maximum Gasteiger partial charge on any atom is 0.242 e. The molecular weight excluding hydrogens is 306 g/mol. The van der Waals surface area contributed by atoms with Gasteiger partial charge < -0.3 is 20.3 Å². The zero-order valence-electron chi connectivity index (χ0n) is 13.8. The summed E-state index contributed by atoms with van der Waals surface area (Å²) < 4.78 is 5.34. The molecule has 1 amide bonds. The van der Waals surface area contributed by atoms with Crippen LogP contribution in [0.1, 0.15) is 12.8 Å². The largest absolute Gasteiger partial charge is 0.495 e. The van der Waals surface area contributed by atoms with Gasteiger partial charge in [-0.25, -0.2) is 4.98 Å². The van der Waals surface area contributed by atoms with E-state index in [0.29, 0.717) is 11.8 Å². The number of aromatic nitrogens is 2. The van der Waals surface area contributed by atoms with Gasteiger partial charge in [0.2, 0.25) is 11.9 Å². The SMILES string of the molecule is CNC(=O)[C@@H]1CCCN1c1nccc(Nc2ccccc2OC)n1. The normalized spacial score (nSPS) is 16.8. The molecule has 1 aliphatic heterocycles. The second kappa shape index (κ2) is 7.16. The number of amides is 1. The minimum Gasteiger partial charge on any atom is -0.495 e. The van der Waals surface area contributed by atoms with Crippen LogP contribution >= 0.6 is 0 Å². The molecule has 24 heavy (non-hydrogen) atoms. The van der Waals surface area contributed by atoms with Gasteiger partial charge in [-0.3, -0.25) is 4.79 Å². The molecule has 0 saturated carbocycles. The number of ether oxygens (including phenoxy) is 1. The van der Waals surface area contributed by atoms with Crippen molar-refractivity contribution in [2.24, 2.45) is 0 Å². The number of anilines is 3. The average molecular weight is 327 g/mol. The molecule has 2 N–H and O–H groups in total. The van der Waals surface area contributed by atoms with Gasteiger partial charge in [-0.15, -0.1) is 0 Å². The minimum absolute atomic E-state index is 0.000749. The molecule has 1 aromatic carbocycles. The van der Waals surface area contributed by atoms with Crippen molar-refractivity contribution < 1.29 is 9.53 Å². The lowest BCUT2D eigenvalue weighted by Gasteiger charge is -2.23. The zero-order valence-corrected chi connectivity index (χ0v) is 13.8. The Kier molecular flexibility index (Phi) is 4.79. The number of carbonyl (C=O) groups is 1. The van der Waals surface area contributed by atoms with E-state index in [-0.39, 0.29) is 11.9 Å². The Labute approximate surface area is 141 Å². The van der Waals surface area contributed by atoms with Gasteiger partial charge in [0.25, 0.3) is 0 Å². The highest BCUT2D eigenvalue weighted by Gasteiger charge is 2.31. The third-order valence-electron chi connectivity index (χ3n) is 4.07. The molecule has 0 unspecified atom stereocenters. The Morgan fingerprint density at radius 2 is 2.17 bits per heavy atom. The highest BCUT2D eigenvalue weighted by molar-refractivity contribution is 5.85. The van der Waals surface area contributed by atoms with Crippen LogP contribution in [0.25, 0.3) is 0 Å². The monoisotopic (exact) mass is 327 g/mol. The van der Waals surface area contributed by atoms with E-state index >= 15 is 0 Å². The van der Waals surface area contributed by atoms with E-state index in [1.165, 1.54) is 0 Å². The molecular formula is C17H21N5O2. The first-order chi connectivity index (χ1) is 11.7. The molecule has 2 heterocycles. The third-order valence-corrected chi connectivity index (χ3v) is 4.07. The Bertz CT molecular complexity index is 722. The topological polar surface area (TPSA) is 79.4 Å². The number of methoxy groups -OCH3 is 1. The number of para-hydroxylation sites is 2. The van der Waals surface area contributed by atoms with Gasteiger partial charge in [0.05, 0.1) is 12.8 Å². The number of nitrogens with one attached hydrogen (secondary N) is 2. The fraction of sp³-hybridized carbons (Fsp3) is 0.353. The molecule has 0 bridgehead atoms. The highest BCUT2D eigenvalue weighted by atomic mass is 16.5. The van der Waals surface area contributed by atoms with Crippen LogP contribution in [0, 0.1) is 0 Å². The van der Waals surface area contributed by atoms with E-state index in [4.69, 9.17) is 4.74 Å². The van der Waals surface area contributed by atoms with E-state index in [1.54, 1.807) is 26.4 Å². The van der Waals surface area contributed by atoms with Crippen LogP contribution < -0.4 is 20.3 Å². The molecule has 2 aromatic rings. The average Bonchev–Trinajstić information content (AvgIpc) is 3.11. The van der Waals surface area contributed by atoms with Crippen molar-refractivity contribution in [3.05, 3.63) is 36.5 Å². The second-order valence-electron chi connectivity index (χ2n) is 5.53. The minimum atomic E-state index is -0.212. The van der Waals surface area contributed by atoms with E-state index in [2.05, 4.69) is 20.6 Å². The lowest BCUT2D eigenvalue weighted by Crippen LogP contribution is -2.42. The van der Waals surface area contributed by atoms with Crippen molar-refractivity contribution in [1.29, 1.82) is 0 Å². The van der Waals surface area contributed by atoms with Gasteiger partial charge in [0.15, 0.2) is 0 Å². The maximum atomic E-state index is 12.0. The van der Waals surface area contributed by atoms with Crippen molar-refractivity contribution in [2.75, 3.05) is 30.9 Å². The number of hydrogen-bond acceptors (Lipinski definition) is 6. The van der Waals surface area contributed by atoms with Gasteiger partial charge in [0.1, 0.15) is 17.6 Å². The molecule has 0 aliphatic carbocycles. The standard InChI is InChI=1S/C17H21N5O2/c1-18-16(23)13-7-5-11-22(13)17-19-10-9-15(21-17)20-12-6-3-4-8-14(12)24-2/h3-4,6,8-10,13H,5,7,11H2,1-2H3,(H,18,23)(H,19,20,21)/t13-/m0/s1. The van der Waals surface area contributed by atoms with Crippen LogP contribution in [0.2, 0.25) is 0 Å². The molecule has 1 aromatic heterocycles. The van der Waals surface area contributed by atoms with Crippen molar-refractivity contribution in [1.82, 2.24) is 15.3 Å². The number of hydrogen-bond donors (Lipinski definition) is 2. The Hall–Kier alpha value is -2.83. The molecule has 3 rings (SSSR count). The Morgan fingerprint density at radius 3 is 2.96 bits per heavy atom. The molecule has 1 saturated heterocycles.